The van der Waals surface area contributed by atoms with E-state index in [1.807, 2.05) is 19.1 Å². The number of urea groups is 1. The highest BCUT2D eigenvalue weighted by atomic mass is 35.5. The van der Waals surface area contributed by atoms with Crippen molar-refractivity contribution in [3.05, 3.63) is 87.3 Å². The number of carbonyl (C=O) groups is 1. The van der Waals surface area contributed by atoms with E-state index in [-0.39, 0.29) is 23.2 Å². The van der Waals surface area contributed by atoms with Gasteiger partial charge in [0.05, 0.1) is 17.6 Å². The van der Waals surface area contributed by atoms with Gasteiger partial charge in [0.15, 0.2) is 0 Å². The van der Waals surface area contributed by atoms with Gasteiger partial charge in [-0.25, -0.2) is 9.18 Å². The Hall–Kier alpha value is -3.72. The molecule has 10 heteroatoms. The molecule has 1 atom stereocenters. The molecule has 2 aromatic heterocycles. The number of hydrogen-bond acceptors (Lipinski definition) is 4. The zero-order chi connectivity index (χ0) is 22.8. The molecule has 0 aliphatic heterocycles. The summed E-state index contributed by atoms with van der Waals surface area (Å²) in [5.41, 5.74) is 1.62. The van der Waals surface area contributed by atoms with Gasteiger partial charge in [0.2, 0.25) is 0 Å². The van der Waals surface area contributed by atoms with Crippen molar-refractivity contribution in [3.63, 3.8) is 0 Å². The zero-order valence-corrected chi connectivity index (χ0v) is 18.1. The minimum absolute atomic E-state index is 0.0792. The van der Waals surface area contributed by atoms with E-state index in [0.29, 0.717) is 16.8 Å². The quantitative estimate of drug-likeness (QED) is 0.472. The van der Waals surface area contributed by atoms with Crippen molar-refractivity contribution in [1.29, 1.82) is 0 Å². The number of nitrogens with zero attached hydrogens (tertiary/aromatic N) is 4. The van der Waals surface area contributed by atoms with Crippen molar-refractivity contribution in [2.45, 2.75) is 19.5 Å². The molecule has 2 N–H and O–H groups in total. The fourth-order valence-electron chi connectivity index (χ4n) is 3.47. The maximum atomic E-state index is 13.4. The minimum atomic E-state index is -0.563. The average molecular weight is 455 g/mol. The lowest BCUT2D eigenvalue weighted by molar-refractivity contribution is 0.208. The topological polar surface area (TPSA) is 95.9 Å². The zero-order valence-electron chi connectivity index (χ0n) is 17.3. The summed E-state index contributed by atoms with van der Waals surface area (Å²) in [4.78, 5) is 27.4. The van der Waals surface area contributed by atoms with Crippen LogP contribution in [0.4, 0.5) is 14.9 Å². The first-order valence-electron chi connectivity index (χ1n) is 9.81. The van der Waals surface area contributed by atoms with Crippen LogP contribution in [0.2, 0.25) is 5.02 Å². The fourth-order valence-corrected chi connectivity index (χ4v) is 3.65. The summed E-state index contributed by atoms with van der Waals surface area (Å²) < 4.78 is 15.0. The van der Waals surface area contributed by atoms with Crippen LogP contribution >= 0.6 is 11.6 Å². The number of nitrogens with one attached hydrogen (secondary N) is 2. The normalized spacial score (nSPS) is 12.0. The first kappa shape index (κ1) is 21.5. The Balaban J connectivity index is 1.67. The number of aromatic amines is 1. The number of hydrogen-bond donors (Lipinski definition) is 2. The molecule has 4 rings (SSSR count). The van der Waals surface area contributed by atoms with Crippen LogP contribution in [0.1, 0.15) is 24.2 Å². The van der Waals surface area contributed by atoms with Crippen molar-refractivity contribution in [2.24, 2.45) is 0 Å². The number of rotatable bonds is 5. The van der Waals surface area contributed by atoms with Crippen LogP contribution in [0.25, 0.3) is 10.8 Å². The number of fused-ring (bicyclic) bond motifs is 1. The molecule has 0 fully saturated rings. The van der Waals surface area contributed by atoms with Gasteiger partial charge in [0.1, 0.15) is 11.5 Å². The Kier molecular flexibility index (Phi) is 5.91. The van der Waals surface area contributed by atoms with E-state index in [9.17, 15) is 14.0 Å². The van der Waals surface area contributed by atoms with E-state index >= 15 is 0 Å². The first-order valence-corrected chi connectivity index (χ1v) is 10.2. The number of H-pyrrole nitrogens is 1. The monoisotopic (exact) mass is 454 g/mol. The molecule has 0 aliphatic carbocycles. The molecular formula is C22H20ClFN6O2. The van der Waals surface area contributed by atoms with Crippen LogP contribution in [-0.2, 0) is 6.54 Å². The Morgan fingerprint density at radius 3 is 2.72 bits per heavy atom. The minimum Gasteiger partial charge on any atom is -0.321 e. The maximum absolute atomic E-state index is 13.4. The number of anilines is 1. The van der Waals surface area contributed by atoms with E-state index in [1.165, 1.54) is 23.1 Å². The molecule has 0 unspecified atom stereocenters. The van der Waals surface area contributed by atoms with Gasteiger partial charge in [0, 0.05) is 30.5 Å². The van der Waals surface area contributed by atoms with Crippen LogP contribution < -0.4 is 10.9 Å². The predicted molar refractivity (Wildman–Crippen MR) is 120 cm³/mol. The van der Waals surface area contributed by atoms with Crippen molar-refractivity contribution in [1.82, 2.24) is 24.9 Å². The summed E-state index contributed by atoms with van der Waals surface area (Å²) in [6.07, 6.45) is 3.36. The number of benzene rings is 2. The van der Waals surface area contributed by atoms with Crippen molar-refractivity contribution >= 4 is 34.1 Å². The molecule has 0 saturated heterocycles. The molecule has 0 saturated carbocycles. The molecule has 2 aromatic carbocycles. The largest absolute Gasteiger partial charge is 0.322 e. The summed E-state index contributed by atoms with van der Waals surface area (Å²) in [5, 5.41) is 14.2. The van der Waals surface area contributed by atoms with Gasteiger partial charge in [-0.2, -0.15) is 0 Å². The van der Waals surface area contributed by atoms with Gasteiger partial charge in [-0.3, -0.25) is 9.89 Å². The summed E-state index contributed by atoms with van der Waals surface area (Å²) in [6.45, 7) is 2.10. The summed E-state index contributed by atoms with van der Waals surface area (Å²) >= 11 is 5.81. The van der Waals surface area contributed by atoms with Crippen molar-refractivity contribution < 1.29 is 9.18 Å². The third kappa shape index (κ3) is 4.19. The van der Waals surface area contributed by atoms with E-state index in [4.69, 9.17) is 11.6 Å². The molecule has 2 heterocycles. The number of aromatic nitrogens is 4. The molecule has 0 radical (unpaired) electrons. The number of halogens is 2. The molecule has 8 nitrogen and oxygen atoms in total. The lowest BCUT2D eigenvalue weighted by Gasteiger charge is -2.27. The molecule has 0 bridgehead atoms. The molecule has 32 heavy (non-hydrogen) atoms. The predicted octanol–water partition coefficient (Wildman–Crippen LogP) is 4.19. The smallest absolute Gasteiger partial charge is 0.321 e. The van der Waals surface area contributed by atoms with Gasteiger partial charge >= 0.3 is 6.03 Å². The SMILES string of the molecule is C[C@H](c1cn(Cc2c[nH]nn2)c(=O)c2ccccc12)N(C)C(=O)Nc1ccc(F)c(Cl)c1. The number of carbonyl (C=O) groups excluding carboxylic acids is 1. The average Bonchev–Trinajstić information content (AvgIpc) is 3.30. The maximum Gasteiger partial charge on any atom is 0.322 e. The molecular weight excluding hydrogens is 435 g/mol. The standard InChI is InChI=1S/C22H20ClFN6O2/c1-13(29(2)22(32)26-14-7-8-20(24)19(23)9-14)18-12-30(11-15-10-25-28-27-15)21(31)17-6-4-3-5-16(17)18/h3-10,12-13H,11H2,1-2H3,(H,26,32)(H,25,27,28)/t13-/m1/s1. The van der Waals surface area contributed by atoms with Gasteiger partial charge in [-0.15, -0.1) is 5.10 Å². The lowest BCUT2D eigenvalue weighted by atomic mass is 10.0. The molecule has 0 spiro atoms. The number of amides is 2. The van der Waals surface area contributed by atoms with Crippen LogP contribution in [0.3, 0.4) is 0 Å². The van der Waals surface area contributed by atoms with Gasteiger partial charge in [-0.05, 0) is 42.1 Å². The second-order valence-corrected chi connectivity index (χ2v) is 7.78. The second-order valence-electron chi connectivity index (χ2n) is 7.37. The Morgan fingerprint density at radius 1 is 1.28 bits per heavy atom. The highest BCUT2D eigenvalue weighted by molar-refractivity contribution is 6.31. The first-order chi connectivity index (χ1) is 15.3. The Morgan fingerprint density at radius 2 is 2.03 bits per heavy atom. The second kappa shape index (κ2) is 8.80. The highest BCUT2D eigenvalue weighted by Crippen LogP contribution is 2.27. The summed E-state index contributed by atoms with van der Waals surface area (Å²) in [7, 11) is 1.65. The van der Waals surface area contributed by atoms with Crippen LogP contribution in [0, 0.1) is 5.82 Å². The van der Waals surface area contributed by atoms with Crippen molar-refractivity contribution in [2.75, 3.05) is 12.4 Å². The van der Waals surface area contributed by atoms with Crippen molar-refractivity contribution in [3.8, 4) is 0 Å². The lowest BCUT2D eigenvalue weighted by Crippen LogP contribution is -2.34. The van der Waals surface area contributed by atoms with Crippen LogP contribution in [0.5, 0.6) is 0 Å². The molecule has 0 aliphatic rings. The third-order valence-electron chi connectivity index (χ3n) is 5.35. The van der Waals surface area contributed by atoms with E-state index in [0.717, 1.165) is 10.9 Å². The number of pyridine rings is 1. The Bertz CT molecular complexity index is 1340. The van der Waals surface area contributed by atoms with E-state index in [1.54, 1.807) is 36.1 Å². The van der Waals surface area contributed by atoms with E-state index < -0.39 is 11.8 Å². The van der Waals surface area contributed by atoms with E-state index in [2.05, 4.69) is 20.7 Å². The fraction of sp³-hybridized carbons (Fsp3) is 0.182. The Labute approximate surface area is 187 Å². The third-order valence-corrected chi connectivity index (χ3v) is 5.64. The van der Waals surface area contributed by atoms with Crippen LogP contribution in [-0.4, -0.2) is 38.0 Å². The molecule has 164 valence electrons. The highest BCUT2D eigenvalue weighted by Gasteiger charge is 2.22. The van der Waals surface area contributed by atoms with Gasteiger partial charge in [0.25, 0.3) is 5.56 Å². The molecule has 2 amide bonds. The summed E-state index contributed by atoms with van der Waals surface area (Å²) in [5.74, 6) is -0.563. The summed E-state index contributed by atoms with van der Waals surface area (Å²) in [6, 6.07) is 10.4. The van der Waals surface area contributed by atoms with Crippen LogP contribution in [0.15, 0.2) is 59.7 Å². The van der Waals surface area contributed by atoms with Gasteiger partial charge < -0.3 is 14.8 Å². The van der Waals surface area contributed by atoms with Gasteiger partial charge in [-0.1, -0.05) is 35.0 Å². The molecule has 4 aromatic rings.